The van der Waals surface area contributed by atoms with Gasteiger partial charge >= 0.3 is 17.1 Å². The Hall–Kier alpha value is -3.96. The van der Waals surface area contributed by atoms with E-state index in [1.54, 1.807) is 0 Å². The molecule has 0 aliphatic heterocycles. The summed E-state index contributed by atoms with van der Waals surface area (Å²) in [5.74, 6) is 0. The molecule has 0 saturated carbocycles. The van der Waals surface area contributed by atoms with Crippen LogP contribution in [-0.4, -0.2) is 19.7 Å². The second-order valence-corrected chi connectivity index (χ2v) is 5.10. The van der Waals surface area contributed by atoms with Gasteiger partial charge in [-0.15, -0.1) is 0 Å². The number of nitro benzene ring substituents is 3. The minimum absolute atomic E-state index is 0.0837. The van der Waals surface area contributed by atoms with E-state index >= 15 is 0 Å². The van der Waals surface area contributed by atoms with Crippen LogP contribution in [0.4, 0.5) is 17.1 Å². The number of benzene rings is 2. The van der Waals surface area contributed by atoms with Gasteiger partial charge in [0, 0.05) is 22.1 Å². The fraction of sp³-hybridized carbons (Fsp3) is 0.0769. The first-order valence-corrected chi connectivity index (χ1v) is 6.62. The fourth-order valence-electron chi connectivity index (χ4n) is 3.02. The third-order valence-electron chi connectivity index (χ3n) is 3.88. The molecule has 0 heterocycles. The van der Waals surface area contributed by atoms with Crippen molar-refractivity contribution in [3.8, 4) is 11.1 Å². The van der Waals surface area contributed by atoms with Gasteiger partial charge in [-0.05, 0) is 5.56 Å². The smallest absolute Gasteiger partial charge is 0.264 e. The fourth-order valence-corrected chi connectivity index (χ4v) is 3.02. The minimum atomic E-state index is -1.72. The maximum atomic E-state index is 11.5. The minimum Gasteiger partial charge on any atom is -0.264 e. The predicted molar refractivity (Wildman–Crippen MR) is 80.7 cm³/mol. The van der Waals surface area contributed by atoms with Crippen LogP contribution in [0.1, 0.15) is 17.2 Å². The van der Waals surface area contributed by atoms with E-state index in [9.17, 15) is 40.5 Å². The van der Waals surface area contributed by atoms with Crippen molar-refractivity contribution in [3.63, 3.8) is 0 Å². The lowest BCUT2D eigenvalue weighted by atomic mass is 10.0. The molecule has 3 rings (SSSR count). The summed E-state index contributed by atoms with van der Waals surface area (Å²) in [6.07, 6.45) is 0. The van der Waals surface area contributed by atoms with Crippen molar-refractivity contribution < 1.29 is 19.7 Å². The van der Waals surface area contributed by atoms with Crippen LogP contribution in [0.25, 0.3) is 11.1 Å². The molecule has 2 aromatic carbocycles. The van der Waals surface area contributed by atoms with Gasteiger partial charge in [0.2, 0.25) is 0 Å². The molecule has 0 aromatic heterocycles. The molecule has 0 amide bonds. The largest absolute Gasteiger partial charge is 0.422 e. The molecule has 12 nitrogen and oxygen atoms in total. The molecule has 0 fully saturated rings. The van der Waals surface area contributed by atoms with Crippen LogP contribution in [0.15, 0.2) is 30.3 Å². The molecule has 1 aliphatic rings. The standard InChI is InChI=1S/C13H6N4O8/c18-14(19)9-5-8-6-3-1-2-4-7(6)11(15(20)21)10(8)13(17(24)25)12(9)16(22)23/h1-5,11H. The zero-order valence-electron chi connectivity index (χ0n) is 12.0. The van der Waals surface area contributed by atoms with Crippen molar-refractivity contribution >= 4 is 17.1 Å². The van der Waals surface area contributed by atoms with Crippen LogP contribution in [-0.2, 0) is 0 Å². The molecule has 0 bridgehead atoms. The zero-order valence-corrected chi connectivity index (χ0v) is 12.0. The SMILES string of the molecule is O=[N+]([O-])c1cc2c(c([N+](=O)[O-])c1[N+](=O)[O-])C([N+](=O)[O-])c1ccccc1-2. The van der Waals surface area contributed by atoms with Gasteiger partial charge < -0.3 is 0 Å². The van der Waals surface area contributed by atoms with E-state index in [0.29, 0.717) is 0 Å². The van der Waals surface area contributed by atoms with Crippen LogP contribution in [0.5, 0.6) is 0 Å². The van der Waals surface area contributed by atoms with Crippen molar-refractivity contribution in [2.24, 2.45) is 0 Å². The van der Waals surface area contributed by atoms with Crippen molar-refractivity contribution in [2.75, 3.05) is 0 Å². The van der Waals surface area contributed by atoms with Gasteiger partial charge in [-0.2, -0.15) is 0 Å². The third-order valence-corrected chi connectivity index (χ3v) is 3.88. The van der Waals surface area contributed by atoms with Crippen molar-refractivity contribution in [1.82, 2.24) is 0 Å². The number of fused-ring (bicyclic) bond motifs is 3. The van der Waals surface area contributed by atoms with E-state index in [1.165, 1.54) is 24.3 Å². The van der Waals surface area contributed by atoms with E-state index in [1.807, 2.05) is 0 Å². The quantitative estimate of drug-likeness (QED) is 0.600. The Labute approximate surface area is 136 Å². The maximum Gasteiger partial charge on any atom is 0.422 e. The summed E-state index contributed by atoms with van der Waals surface area (Å²) < 4.78 is 0. The lowest BCUT2D eigenvalue weighted by Gasteiger charge is -2.06. The number of rotatable bonds is 4. The molecule has 1 atom stereocenters. The first-order valence-electron chi connectivity index (χ1n) is 6.62. The average molecular weight is 346 g/mol. The van der Waals surface area contributed by atoms with E-state index in [-0.39, 0.29) is 16.7 Å². The number of nitrogens with zero attached hydrogens (tertiary/aromatic N) is 4. The highest BCUT2D eigenvalue weighted by atomic mass is 16.7. The lowest BCUT2D eigenvalue weighted by molar-refractivity contribution is -0.518. The lowest BCUT2D eigenvalue weighted by Crippen LogP contribution is -2.12. The van der Waals surface area contributed by atoms with Crippen LogP contribution >= 0.6 is 0 Å². The van der Waals surface area contributed by atoms with Crippen LogP contribution < -0.4 is 0 Å². The highest BCUT2D eigenvalue weighted by Gasteiger charge is 2.50. The summed E-state index contributed by atoms with van der Waals surface area (Å²) in [6, 6.07) is 4.80. The molecule has 126 valence electrons. The molecule has 1 unspecified atom stereocenters. The van der Waals surface area contributed by atoms with Crippen molar-refractivity contribution in [2.45, 2.75) is 6.04 Å². The monoisotopic (exact) mass is 346 g/mol. The van der Waals surface area contributed by atoms with Gasteiger partial charge in [0.1, 0.15) is 5.56 Å². The molecule has 25 heavy (non-hydrogen) atoms. The van der Waals surface area contributed by atoms with E-state index in [0.717, 1.165) is 6.07 Å². The van der Waals surface area contributed by atoms with Gasteiger partial charge in [-0.3, -0.25) is 40.5 Å². The normalized spacial score (nSPS) is 14.5. The first-order chi connectivity index (χ1) is 11.8. The maximum absolute atomic E-state index is 11.5. The van der Waals surface area contributed by atoms with Gasteiger partial charge in [-0.25, -0.2) is 0 Å². The highest BCUT2D eigenvalue weighted by molar-refractivity contribution is 5.88. The van der Waals surface area contributed by atoms with Gasteiger partial charge in [-0.1, -0.05) is 24.3 Å². The van der Waals surface area contributed by atoms with Crippen LogP contribution in [0, 0.1) is 40.5 Å². The Kier molecular flexibility index (Phi) is 3.37. The zero-order chi connectivity index (χ0) is 18.5. The second kappa shape index (κ2) is 5.30. The molecule has 2 aromatic rings. The van der Waals surface area contributed by atoms with E-state index < -0.39 is 48.4 Å². The van der Waals surface area contributed by atoms with Gasteiger partial charge in [0.25, 0.3) is 6.04 Å². The Morgan fingerprint density at radius 3 is 1.88 bits per heavy atom. The predicted octanol–water partition coefficient (Wildman–Crippen LogP) is 2.76. The van der Waals surface area contributed by atoms with E-state index in [2.05, 4.69) is 0 Å². The summed E-state index contributed by atoms with van der Waals surface area (Å²) in [5, 5.41) is 45.3. The number of hydrogen-bond donors (Lipinski definition) is 0. The second-order valence-electron chi connectivity index (χ2n) is 5.10. The average Bonchev–Trinajstić information content (AvgIpc) is 2.86. The molecule has 0 radical (unpaired) electrons. The highest BCUT2D eigenvalue weighted by Crippen LogP contribution is 2.54. The first kappa shape index (κ1) is 15.9. The molecular weight excluding hydrogens is 340 g/mol. The molecule has 12 heteroatoms. The summed E-state index contributed by atoms with van der Waals surface area (Å²) in [6.45, 7) is 0. The molecule has 0 spiro atoms. The Morgan fingerprint density at radius 2 is 1.36 bits per heavy atom. The van der Waals surface area contributed by atoms with Gasteiger partial charge in [0.05, 0.1) is 14.8 Å². The van der Waals surface area contributed by atoms with Crippen molar-refractivity contribution in [3.05, 3.63) is 81.9 Å². The molecular formula is C13H6N4O8. The summed E-state index contributed by atoms with van der Waals surface area (Å²) in [7, 11) is 0. The Balaban J connectivity index is 2.54. The summed E-state index contributed by atoms with van der Waals surface area (Å²) in [5.41, 5.74) is -4.05. The molecule has 1 aliphatic carbocycles. The van der Waals surface area contributed by atoms with Gasteiger partial charge in [0.15, 0.2) is 0 Å². The van der Waals surface area contributed by atoms with Crippen molar-refractivity contribution in [1.29, 1.82) is 0 Å². The Bertz CT molecular complexity index is 986. The molecule has 0 N–H and O–H groups in total. The summed E-state index contributed by atoms with van der Waals surface area (Å²) in [4.78, 5) is 40.9. The van der Waals surface area contributed by atoms with Crippen LogP contribution in [0.3, 0.4) is 0 Å². The molecule has 0 saturated heterocycles. The third kappa shape index (κ3) is 2.15. The number of hydrogen-bond acceptors (Lipinski definition) is 8. The summed E-state index contributed by atoms with van der Waals surface area (Å²) >= 11 is 0. The van der Waals surface area contributed by atoms with E-state index in [4.69, 9.17) is 0 Å². The Morgan fingerprint density at radius 1 is 0.760 bits per heavy atom. The van der Waals surface area contributed by atoms with Crippen LogP contribution in [0.2, 0.25) is 0 Å². The number of nitro groups is 4. The topological polar surface area (TPSA) is 173 Å².